The summed E-state index contributed by atoms with van der Waals surface area (Å²) in [7, 11) is 5.08. The van der Waals surface area contributed by atoms with Gasteiger partial charge in [-0.15, -0.1) is 0 Å². The first kappa shape index (κ1) is 13.3. The number of aromatic nitrogens is 4. The second kappa shape index (κ2) is 5.01. The van der Waals surface area contributed by atoms with Crippen LogP contribution in [-0.2, 0) is 13.6 Å². The van der Waals surface area contributed by atoms with Crippen molar-refractivity contribution in [3.63, 3.8) is 0 Å². The number of fused-ring (bicyclic) bond motifs is 1. The number of nitrogen functional groups attached to an aromatic ring is 1. The Bertz CT molecular complexity index is 790. The molecule has 7 nitrogen and oxygen atoms in total. The minimum absolute atomic E-state index is 0.448. The highest BCUT2D eigenvalue weighted by molar-refractivity contribution is 5.82. The van der Waals surface area contributed by atoms with E-state index in [9.17, 15) is 0 Å². The van der Waals surface area contributed by atoms with Crippen LogP contribution in [0.5, 0.6) is 11.5 Å². The fourth-order valence-electron chi connectivity index (χ4n) is 2.37. The van der Waals surface area contributed by atoms with Gasteiger partial charge in [-0.05, 0) is 0 Å². The number of nitrogens with two attached hydrogens (primary N) is 1. The third kappa shape index (κ3) is 2.26. The topological polar surface area (TPSA) is 80.1 Å². The van der Waals surface area contributed by atoms with Crippen LogP contribution in [0.1, 0.15) is 5.56 Å². The Kier molecular flexibility index (Phi) is 3.17. The first-order valence-corrected chi connectivity index (χ1v) is 6.47. The van der Waals surface area contributed by atoms with Crippen molar-refractivity contribution >= 4 is 17.0 Å². The van der Waals surface area contributed by atoms with Crippen molar-refractivity contribution in [1.29, 1.82) is 0 Å². The quantitative estimate of drug-likeness (QED) is 0.785. The van der Waals surface area contributed by atoms with Crippen molar-refractivity contribution < 1.29 is 9.47 Å². The van der Waals surface area contributed by atoms with Crippen molar-refractivity contribution in [2.45, 2.75) is 6.54 Å². The van der Waals surface area contributed by atoms with Gasteiger partial charge < -0.3 is 19.8 Å². The van der Waals surface area contributed by atoms with Crippen molar-refractivity contribution in [1.82, 2.24) is 19.3 Å². The van der Waals surface area contributed by atoms with E-state index < -0.39 is 0 Å². The zero-order valence-electron chi connectivity index (χ0n) is 12.2. The Balaban J connectivity index is 2.11. The van der Waals surface area contributed by atoms with E-state index in [-0.39, 0.29) is 0 Å². The molecule has 0 radical (unpaired) electrons. The molecule has 0 spiro atoms. The van der Waals surface area contributed by atoms with Crippen LogP contribution in [-0.4, -0.2) is 33.6 Å². The van der Waals surface area contributed by atoms with Crippen molar-refractivity contribution in [3.8, 4) is 11.5 Å². The highest BCUT2D eigenvalue weighted by atomic mass is 16.5. The molecule has 1 aromatic carbocycles. The third-order valence-electron chi connectivity index (χ3n) is 3.38. The predicted octanol–water partition coefficient (Wildman–Crippen LogP) is 1.42. The van der Waals surface area contributed by atoms with E-state index in [1.807, 2.05) is 36.1 Å². The number of hydrogen-bond donors (Lipinski definition) is 1. The van der Waals surface area contributed by atoms with E-state index >= 15 is 0 Å². The van der Waals surface area contributed by atoms with Gasteiger partial charge in [-0.2, -0.15) is 5.10 Å². The van der Waals surface area contributed by atoms with Crippen molar-refractivity contribution in [2.24, 2.45) is 7.05 Å². The molecule has 3 aromatic rings. The van der Waals surface area contributed by atoms with Gasteiger partial charge in [-0.1, -0.05) is 0 Å². The SMILES string of the molecule is COc1cc2nc(N)n(Cc3cnn(C)c3)c2cc1OC. The summed E-state index contributed by atoms with van der Waals surface area (Å²) in [5.41, 5.74) is 8.76. The fraction of sp³-hybridized carbons (Fsp3) is 0.286. The third-order valence-corrected chi connectivity index (χ3v) is 3.38. The molecule has 2 N–H and O–H groups in total. The van der Waals surface area contributed by atoms with E-state index in [4.69, 9.17) is 15.2 Å². The summed E-state index contributed by atoms with van der Waals surface area (Å²) in [5, 5.41) is 4.17. The van der Waals surface area contributed by atoms with Gasteiger partial charge in [-0.25, -0.2) is 4.98 Å². The largest absolute Gasteiger partial charge is 0.493 e. The van der Waals surface area contributed by atoms with Crippen LogP contribution in [0.15, 0.2) is 24.5 Å². The Morgan fingerprint density at radius 3 is 2.52 bits per heavy atom. The first-order chi connectivity index (χ1) is 10.1. The summed E-state index contributed by atoms with van der Waals surface area (Å²) < 4.78 is 14.3. The van der Waals surface area contributed by atoms with Crippen molar-refractivity contribution in [2.75, 3.05) is 20.0 Å². The molecule has 0 amide bonds. The number of aryl methyl sites for hydroxylation is 1. The van der Waals surface area contributed by atoms with Gasteiger partial charge in [0.1, 0.15) is 0 Å². The van der Waals surface area contributed by atoms with Gasteiger partial charge in [0.05, 0.1) is 38.0 Å². The van der Waals surface area contributed by atoms with Gasteiger partial charge in [0.15, 0.2) is 11.5 Å². The maximum Gasteiger partial charge on any atom is 0.201 e. The Morgan fingerprint density at radius 1 is 1.19 bits per heavy atom. The minimum atomic E-state index is 0.448. The average Bonchev–Trinajstić information content (AvgIpc) is 3.02. The molecule has 7 heteroatoms. The molecule has 2 aromatic heterocycles. The van der Waals surface area contributed by atoms with E-state index in [1.165, 1.54) is 0 Å². The van der Waals surface area contributed by atoms with E-state index in [0.29, 0.717) is 24.0 Å². The summed E-state index contributed by atoms with van der Waals surface area (Å²) >= 11 is 0. The number of anilines is 1. The highest BCUT2D eigenvalue weighted by Crippen LogP contribution is 2.33. The molecule has 0 saturated heterocycles. The lowest BCUT2D eigenvalue weighted by molar-refractivity contribution is 0.355. The van der Waals surface area contributed by atoms with Crippen LogP contribution < -0.4 is 15.2 Å². The Labute approximate surface area is 121 Å². The summed E-state index contributed by atoms with van der Waals surface area (Å²) in [4.78, 5) is 4.38. The Morgan fingerprint density at radius 2 is 1.90 bits per heavy atom. The molecule has 21 heavy (non-hydrogen) atoms. The molecule has 3 rings (SSSR count). The Hall–Kier alpha value is -2.70. The van der Waals surface area contributed by atoms with Crippen LogP contribution in [0.25, 0.3) is 11.0 Å². The van der Waals surface area contributed by atoms with Crippen molar-refractivity contribution in [3.05, 3.63) is 30.1 Å². The molecule has 0 aliphatic heterocycles. The van der Waals surface area contributed by atoms with Gasteiger partial charge in [0.25, 0.3) is 0 Å². The lowest BCUT2D eigenvalue weighted by atomic mass is 10.2. The molecular formula is C14H17N5O2. The van der Waals surface area contributed by atoms with E-state index in [2.05, 4.69) is 10.1 Å². The van der Waals surface area contributed by atoms with Crippen LogP contribution >= 0.6 is 0 Å². The number of methoxy groups -OCH3 is 2. The lowest BCUT2D eigenvalue weighted by Gasteiger charge is -2.09. The van der Waals surface area contributed by atoms with E-state index in [0.717, 1.165) is 16.6 Å². The second-order valence-electron chi connectivity index (χ2n) is 4.77. The number of hydrogen-bond acceptors (Lipinski definition) is 5. The first-order valence-electron chi connectivity index (χ1n) is 6.47. The molecule has 110 valence electrons. The number of ether oxygens (including phenoxy) is 2. The van der Waals surface area contributed by atoms with Crippen LogP contribution in [0, 0.1) is 0 Å². The van der Waals surface area contributed by atoms with Crippen LogP contribution in [0.2, 0.25) is 0 Å². The predicted molar refractivity (Wildman–Crippen MR) is 79.6 cm³/mol. The summed E-state index contributed by atoms with van der Waals surface area (Å²) in [6, 6.07) is 3.71. The van der Waals surface area contributed by atoms with Gasteiger partial charge in [0, 0.05) is 30.9 Å². The smallest absolute Gasteiger partial charge is 0.201 e. The molecule has 0 aliphatic carbocycles. The number of rotatable bonds is 4. The average molecular weight is 287 g/mol. The second-order valence-corrected chi connectivity index (χ2v) is 4.77. The number of benzene rings is 1. The summed E-state index contributed by atoms with van der Waals surface area (Å²) in [6.45, 7) is 0.603. The van der Waals surface area contributed by atoms with Gasteiger partial charge in [-0.3, -0.25) is 4.68 Å². The maximum absolute atomic E-state index is 6.03. The number of nitrogens with zero attached hydrogens (tertiary/aromatic N) is 4. The molecule has 0 fully saturated rings. The standard InChI is InChI=1S/C14H17N5O2/c1-18-7-9(6-16-18)8-19-11-5-13(21-3)12(20-2)4-10(11)17-14(19)15/h4-7H,8H2,1-3H3,(H2,15,17). The molecule has 0 atom stereocenters. The zero-order chi connectivity index (χ0) is 15.0. The minimum Gasteiger partial charge on any atom is -0.493 e. The summed E-state index contributed by atoms with van der Waals surface area (Å²) in [6.07, 6.45) is 3.76. The zero-order valence-corrected chi connectivity index (χ0v) is 12.2. The molecular weight excluding hydrogens is 270 g/mol. The lowest BCUT2D eigenvalue weighted by Crippen LogP contribution is -2.04. The molecule has 0 bridgehead atoms. The molecule has 2 heterocycles. The van der Waals surface area contributed by atoms with Gasteiger partial charge in [0.2, 0.25) is 5.95 Å². The van der Waals surface area contributed by atoms with E-state index in [1.54, 1.807) is 18.9 Å². The molecule has 0 saturated carbocycles. The molecule has 0 unspecified atom stereocenters. The highest BCUT2D eigenvalue weighted by Gasteiger charge is 2.14. The summed E-state index contributed by atoms with van der Waals surface area (Å²) in [5.74, 6) is 1.73. The normalized spacial score (nSPS) is 11.0. The maximum atomic E-state index is 6.03. The van der Waals surface area contributed by atoms with Gasteiger partial charge >= 0.3 is 0 Å². The molecule has 0 aliphatic rings. The monoisotopic (exact) mass is 287 g/mol. The number of imidazole rings is 1. The fourth-order valence-corrected chi connectivity index (χ4v) is 2.37. The van der Waals surface area contributed by atoms with Crippen LogP contribution in [0.3, 0.4) is 0 Å². The van der Waals surface area contributed by atoms with Crippen LogP contribution in [0.4, 0.5) is 5.95 Å².